The van der Waals surface area contributed by atoms with E-state index < -0.39 is 11.7 Å². The second-order valence-electron chi connectivity index (χ2n) is 10.6. The molecule has 7 nitrogen and oxygen atoms in total. The molecular weight excluding hydrogens is 464 g/mol. The van der Waals surface area contributed by atoms with Crippen molar-refractivity contribution in [2.75, 3.05) is 23.3 Å². The molecule has 0 bridgehead atoms. The third kappa shape index (κ3) is 7.10. The van der Waals surface area contributed by atoms with Gasteiger partial charge in [-0.05, 0) is 88.6 Å². The Morgan fingerprint density at radius 2 is 1.77 bits per heavy atom. The number of hydrogen-bond acceptors (Lipinski definition) is 5. The van der Waals surface area contributed by atoms with Crippen LogP contribution in [-0.4, -0.2) is 41.7 Å². The Morgan fingerprint density at radius 1 is 1.06 bits per heavy atom. The standard InChI is InChI=1S/C27H35ClN4O3.2H2/c1-27(2,3)35-26(34)31-23-14-15-32(17-23)24-13-12-22(16-29-24)30-25(33)20-6-4-18(5-7-20)19-8-10-21(28)11-9-19;;/h8-13,16,18,20,23H,4-7,14-15,17H2,1-3H3,(H,30,33)(H,31,34);2*1H. The maximum atomic E-state index is 12.8. The van der Waals surface area contributed by atoms with Crippen LogP contribution in [0, 0.1) is 5.92 Å². The largest absolute Gasteiger partial charge is 0.444 e. The van der Waals surface area contributed by atoms with Gasteiger partial charge in [-0.15, -0.1) is 0 Å². The third-order valence-electron chi connectivity index (χ3n) is 6.69. The fourth-order valence-corrected chi connectivity index (χ4v) is 5.00. The summed E-state index contributed by atoms with van der Waals surface area (Å²) in [5.74, 6) is 1.42. The van der Waals surface area contributed by atoms with Crippen molar-refractivity contribution in [3.63, 3.8) is 0 Å². The highest BCUT2D eigenvalue weighted by Crippen LogP contribution is 2.36. The molecule has 2 amide bonds. The normalized spacial score (nSPS) is 22.5. The molecule has 2 aromatic rings. The van der Waals surface area contributed by atoms with Crippen LogP contribution in [0.2, 0.25) is 5.02 Å². The summed E-state index contributed by atoms with van der Waals surface area (Å²) in [5.41, 5.74) is 1.50. The minimum atomic E-state index is -0.514. The SMILES string of the molecule is CC(C)(C)OC(=O)NC1CCN(c2ccc(NC(=O)C3CCC(c4ccc(Cl)cc4)CC3)cn2)C1.[HH].[HH]. The summed E-state index contributed by atoms with van der Waals surface area (Å²) < 4.78 is 5.35. The van der Waals surface area contributed by atoms with Crippen LogP contribution in [0.3, 0.4) is 0 Å². The van der Waals surface area contributed by atoms with Gasteiger partial charge in [-0.2, -0.15) is 0 Å². The van der Waals surface area contributed by atoms with Crippen molar-refractivity contribution in [1.29, 1.82) is 0 Å². The fraction of sp³-hybridized carbons (Fsp3) is 0.519. The summed E-state index contributed by atoms with van der Waals surface area (Å²) in [6.07, 6.45) is 5.92. The van der Waals surface area contributed by atoms with Gasteiger partial charge in [-0.1, -0.05) is 23.7 Å². The van der Waals surface area contributed by atoms with Crippen molar-refractivity contribution in [2.24, 2.45) is 5.92 Å². The van der Waals surface area contributed by atoms with Gasteiger partial charge in [0.05, 0.1) is 17.9 Å². The van der Waals surface area contributed by atoms with Crippen molar-refractivity contribution in [1.82, 2.24) is 10.3 Å². The molecule has 0 spiro atoms. The predicted octanol–water partition coefficient (Wildman–Crippen LogP) is 6.24. The van der Waals surface area contributed by atoms with Crippen LogP contribution in [0.25, 0.3) is 0 Å². The lowest BCUT2D eigenvalue weighted by Gasteiger charge is -2.28. The molecule has 2 heterocycles. The summed E-state index contributed by atoms with van der Waals surface area (Å²) >= 11 is 6.00. The minimum absolute atomic E-state index is 0. The highest BCUT2D eigenvalue weighted by molar-refractivity contribution is 6.30. The van der Waals surface area contributed by atoms with Gasteiger partial charge in [0.2, 0.25) is 5.91 Å². The van der Waals surface area contributed by atoms with Crippen LogP contribution in [0.4, 0.5) is 16.3 Å². The number of nitrogens with zero attached hydrogens (tertiary/aromatic N) is 2. The lowest BCUT2D eigenvalue weighted by molar-refractivity contribution is -0.120. The van der Waals surface area contributed by atoms with E-state index in [0.717, 1.165) is 49.5 Å². The van der Waals surface area contributed by atoms with Gasteiger partial charge in [0.1, 0.15) is 11.4 Å². The van der Waals surface area contributed by atoms with E-state index in [9.17, 15) is 9.59 Å². The molecular formula is C27H39ClN4O3. The zero-order valence-corrected chi connectivity index (χ0v) is 21.5. The second kappa shape index (κ2) is 10.9. The molecule has 1 aromatic heterocycles. The molecule has 4 rings (SSSR count). The van der Waals surface area contributed by atoms with E-state index in [4.69, 9.17) is 16.3 Å². The van der Waals surface area contributed by atoms with Crippen molar-refractivity contribution in [3.8, 4) is 0 Å². The number of carbonyl (C=O) groups excluding carboxylic acids is 2. The molecule has 8 heteroatoms. The van der Waals surface area contributed by atoms with E-state index in [1.165, 1.54) is 5.56 Å². The Bertz CT molecular complexity index is 1020. The molecule has 2 N–H and O–H groups in total. The van der Waals surface area contributed by atoms with E-state index in [1.54, 1.807) is 6.20 Å². The summed E-state index contributed by atoms with van der Waals surface area (Å²) in [7, 11) is 0. The van der Waals surface area contributed by atoms with Gasteiger partial charge < -0.3 is 20.3 Å². The maximum absolute atomic E-state index is 12.8. The van der Waals surface area contributed by atoms with Crippen molar-refractivity contribution < 1.29 is 17.2 Å². The molecule has 2 aliphatic rings. The Hall–Kier alpha value is -2.80. The minimum Gasteiger partial charge on any atom is -0.444 e. The summed E-state index contributed by atoms with van der Waals surface area (Å²) in [5, 5.41) is 6.72. The van der Waals surface area contributed by atoms with E-state index in [2.05, 4.69) is 32.7 Å². The number of nitrogens with one attached hydrogen (secondary N) is 2. The molecule has 1 aliphatic heterocycles. The number of alkyl carbamates (subject to hydrolysis) is 1. The van der Waals surface area contributed by atoms with Gasteiger partial charge >= 0.3 is 6.09 Å². The molecule has 0 radical (unpaired) electrons. The molecule has 1 atom stereocenters. The number of aromatic nitrogens is 1. The summed E-state index contributed by atoms with van der Waals surface area (Å²) in [4.78, 5) is 31.5. The van der Waals surface area contributed by atoms with Crippen LogP contribution in [0.5, 0.6) is 0 Å². The van der Waals surface area contributed by atoms with E-state index in [-0.39, 0.29) is 20.7 Å². The van der Waals surface area contributed by atoms with Crippen LogP contribution in [0.1, 0.15) is 67.2 Å². The number of benzene rings is 1. The summed E-state index contributed by atoms with van der Waals surface area (Å²) in [6, 6.07) is 11.9. The lowest BCUT2D eigenvalue weighted by atomic mass is 9.78. The number of anilines is 2. The maximum Gasteiger partial charge on any atom is 0.407 e. The van der Waals surface area contributed by atoms with Crippen LogP contribution < -0.4 is 15.5 Å². The first-order valence-electron chi connectivity index (χ1n) is 12.4. The zero-order valence-electron chi connectivity index (χ0n) is 20.7. The Balaban J connectivity index is 0.00000241. The average molecular weight is 503 g/mol. The van der Waals surface area contributed by atoms with E-state index in [0.29, 0.717) is 18.2 Å². The molecule has 1 saturated heterocycles. The van der Waals surface area contributed by atoms with E-state index in [1.807, 2.05) is 45.0 Å². The van der Waals surface area contributed by atoms with Gasteiger partial charge in [0.25, 0.3) is 0 Å². The Morgan fingerprint density at radius 3 is 2.40 bits per heavy atom. The van der Waals surface area contributed by atoms with Crippen molar-refractivity contribution >= 4 is 35.1 Å². The molecule has 192 valence electrons. The predicted molar refractivity (Wildman–Crippen MR) is 143 cm³/mol. The second-order valence-corrected chi connectivity index (χ2v) is 11.0. The number of halogens is 1. The first-order valence-corrected chi connectivity index (χ1v) is 12.8. The van der Waals surface area contributed by atoms with Crippen LogP contribution in [-0.2, 0) is 9.53 Å². The third-order valence-corrected chi connectivity index (χ3v) is 6.94. The number of rotatable bonds is 5. The van der Waals surface area contributed by atoms with Crippen molar-refractivity contribution in [2.45, 2.75) is 70.4 Å². The molecule has 1 aromatic carbocycles. The highest BCUT2D eigenvalue weighted by atomic mass is 35.5. The summed E-state index contributed by atoms with van der Waals surface area (Å²) in [6.45, 7) is 7.03. The number of carbonyl (C=O) groups is 2. The first-order chi connectivity index (χ1) is 16.7. The van der Waals surface area contributed by atoms with Gasteiger partial charge in [0, 0.05) is 26.9 Å². The average Bonchev–Trinajstić information content (AvgIpc) is 3.27. The smallest absolute Gasteiger partial charge is 0.407 e. The molecule has 2 fully saturated rings. The van der Waals surface area contributed by atoms with Crippen LogP contribution in [0.15, 0.2) is 42.6 Å². The number of hydrogen-bond donors (Lipinski definition) is 2. The zero-order chi connectivity index (χ0) is 25.0. The molecule has 35 heavy (non-hydrogen) atoms. The van der Waals surface area contributed by atoms with Gasteiger partial charge in [0.15, 0.2) is 0 Å². The monoisotopic (exact) mass is 502 g/mol. The van der Waals surface area contributed by atoms with E-state index >= 15 is 0 Å². The Kier molecular flexibility index (Phi) is 7.85. The topological polar surface area (TPSA) is 83.6 Å². The Labute approximate surface area is 215 Å². The van der Waals surface area contributed by atoms with Crippen molar-refractivity contribution in [3.05, 3.63) is 53.2 Å². The highest BCUT2D eigenvalue weighted by Gasteiger charge is 2.28. The quantitative estimate of drug-likeness (QED) is 0.505. The van der Waals surface area contributed by atoms with Crippen LogP contribution >= 0.6 is 11.6 Å². The number of ether oxygens (including phenoxy) is 1. The first kappa shape index (κ1) is 25.3. The molecule has 1 unspecified atom stereocenters. The van der Waals surface area contributed by atoms with Gasteiger partial charge in [-0.25, -0.2) is 9.78 Å². The number of amides is 2. The number of pyridine rings is 1. The van der Waals surface area contributed by atoms with Gasteiger partial charge in [-0.3, -0.25) is 4.79 Å². The molecule has 1 saturated carbocycles. The fourth-order valence-electron chi connectivity index (χ4n) is 4.88. The molecule has 1 aliphatic carbocycles. The lowest BCUT2D eigenvalue weighted by Crippen LogP contribution is -2.40.